The highest BCUT2D eigenvalue weighted by molar-refractivity contribution is 7.90. The van der Waals surface area contributed by atoms with E-state index in [9.17, 15) is 44.6 Å². The molecule has 0 aliphatic carbocycles. The summed E-state index contributed by atoms with van der Waals surface area (Å²) in [7, 11) is 8.38. The van der Waals surface area contributed by atoms with Gasteiger partial charge in [0.2, 0.25) is 12.2 Å². The molecule has 0 aliphatic heterocycles. The maximum atomic E-state index is 13.0. The number of rotatable bonds is 17. The van der Waals surface area contributed by atoms with Crippen molar-refractivity contribution in [1.82, 2.24) is 14.7 Å². The van der Waals surface area contributed by atoms with Gasteiger partial charge in [-0.05, 0) is 51.5 Å². The Morgan fingerprint density at radius 2 is 1.75 bits per heavy atom. The van der Waals surface area contributed by atoms with Gasteiger partial charge in [-0.25, -0.2) is 9.28 Å². The third-order valence-electron chi connectivity index (χ3n) is 6.22. The number of guanidine groups is 1. The first-order chi connectivity index (χ1) is 18.6. The van der Waals surface area contributed by atoms with Crippen LogP contribution in [-0.2, 0) is 31.3 Å². The van der Waals surface area contributed by atoms with Crippen LogP contribution in [0.15, 0.2) is 27.8 Å². The first-order valence-electron chi connectivity index (χ1n) is 12.2. The van der Waals surface area contributed by atoms with Gasteiger partial charge >= 0.3 is 17.9 Å². The lowest BCUT2D eigenvalue weighted by Gasteiger charge is -2.47. The van der Waals surface area contributed by atoms with Crippen molar-refractivity contribution in [2.24, 2.45) is 4.99 Å². The van der Waals surface area contributed by atoms with Crippen LogP contribution in [0.2, 0.25) is 0 Å². The molecule has 0 radical (unpaired) electrons. The fraction of sp³-hybridized carbons (Fsp3) is 0.625. The minimum atomic E-state index is -3.43. The molecule has 0 fully saturated rings. The van der Waals surface area contributed by atoms with Crippen LogP contribution in [0.4, 0.5) is 0 Å². The number of quaternary nitrogens is 1. The molecule has 0 aliphatic rings. The van der Waals surface area contributed by atoms with E-state index < -0.39 is 58.2 Å². The number of carboxylic acids is 3. The zero-order chi connectivity index (χ0) is 30.7. The number of carbonyl (C=O) groups excluding carboxylic acids is 1. The number of nitriles is 1. The molecule has 1 aromatic heterocycles. The van der Waals surface area contributed by atoms with Crippen molar-refractivity contribution in [1.29, 1.82) is 5.26 Å². The molecular formula is C24H38N6O9S. The van der Waals surface area contributed by atoms with E-state index in [4.69, 9.17) is 4.42 Å². The molecular weight excluding hydrogens is 548 g/mol. The number of furan rings is 1. The predicted octanol–water partition coefficient (Wildman–Crippen LogP) is -2.35. The average Bonchev–Trinajstić information content (AvgIpc) is 3.33. The molecule has 0 amide bonds. The molecule has 1 rings (SSSR count). The first kappa shape index (κ1) is 34.8. The number of carbonyl (C=O) groups is 3. The zero-order valence-corrected chi connectivity index (χ0v) is 24.2. The third kappa shape index (κ3) is 9.77. The lowest BCUT2D eigenvalue weighted by molar-refractivity contribution is -0.849. The van der Waals surface area contributed by atoms with Crippen LogP contribution < -0.4 is 5.11 Å². The summed E-state index contributed by atoms with van der Waals surface area (Å²) in [5.41, 5.74) is -3.43. The summed E-state index contributed by atoms with van der Waals surface area (Å²) in [6, 6.07) is 0.785. The largest absolute Gasteiger partial charge is 0.616 e. The van der Waals surface area contributed by atoms with Crippen LogP contribution in [-0.4, -0.2) is 148 Å². The molecule has 16 heteroatoms. The smallest absolute Gasteiger partial charge is 0.366 e. The van der Waals surface area contributed by atoms with E-state index in [1.54, 1.807) is 51.4 Å². The first-order valence-corrected chi connectivity index (χ1v) is 13.7. The summed E-state index contributed by atoms with van der Waals surface area (Å²) in [5, 5.41) is 52.6. The summed E-state index contributed by atoms with van der Waals surface area (Å²) < 4.78 is 17.1. The monoisotopic (exact) mass is 586 g/mol. The predicted molar refractivity (Wildman–Crippen MR) is 142 cm³/mol. The highest BCUT2D eigenvalue weighted by atomic mass is 32.2. The second-order valence-electron chi connectivity index (χ2n) is 9.99. The van der Waals surface area contributed by atoms with Gasteiger partial charge in [0.15, 0.2) is 22.9 Å². The number of aliphatic hydroxyl groups is 1. The molecule has 40 heavy (non-hydrogen) atoms. The van der Waals surface area contributed by atoms with Crippen molar-refractivity contribution in [3.8, 4) is 6.19 Å². The van der Waals surface area contributed by atoms with Crippen LogP contribution in [0.1, 0.15) is 12.2 Å². The van der Waals surface area contributed by atoms with E-state index >= 15 is 0 Å². The van der Waals surface area contributed by atoms with Crippen LogP contribution in [0, 0.1) is 11.5 Å². The van der Waals surface area contributed by atoms with Gasteiger partial charge in [0.05, 0.1) is 25.7 Å². The summed E-state index contributed by atoms with van der Waals surface area (Å²) >= 11 is -1.67. The van der Waals surface area contributed by atoms with Gasteiger partial charge < -0.3 is 48.9 Å². The highest BCUT2D eigenvalue weighted by Crippen LogP contribution is 2.29. The Morgan fingerprint density at radius 3 is 2.15 bits per heavy atom. The van der Waals surface area contributed by atoms with Gasteiger partial charge in [0.25, 0.3) is 0 Å². The fourth-order valence-electron chi connectivity index (χ4n) is 4.20. The van der Waals surface area contributed by atoms with E-state index in [0.29, 0.717) is 18.8 Å². The quantitative estimate of drug-likeness (QED) is 0.0573. The van der Waals surface area contributed by atoms with E-state index in [1.807, 2.05) is 9.80 Å². The van der Waals surface area contributed by atoms with Gasteiger partial charge in [-0.3, -0.25) is 4.79 Å². The van der Waals surface area contributed by atoms with Crippen LogP contribution in [0.3, 0.4) is 0 Å². The van der Waals surface area contributed by atoms with Crippen molar-refractivity contribution in [2.45, 2.75) is 23.8 Å². The van der Waals surface area contributed by atoms with Gasteiger partial charge in [-0.15, -0.1) is 4.99 Å². The summed E-state index contributed by atoms with van der Waals surface area (Å²) in [4.78, 5) is 45.6. The molecule has 0 saturated carbocycles. The van der Waals surface area contributed by atoms with Crippen molar-refractivity contribution >= 4 is 35.0 Å². The molecule has 4 atom stereocenters. The zero-order valence-electron chi connectivity index (χ0n) is 23.3. The SMILES string of the molecule is CN(C)CCN(CCN(C)C)C(=NC#N)[N+](C)(CC[S+]([O-])Cc1ccco1)C(C(=O)O)C(O)(CC(=O)O)C(=O)[O-]. The van der Waals surface area contributed by atoms with E-state index in [0.717, 1.165) is 0 Å². The lowest BCUT2D eigenvalue weighted by atomic mass is 9.87. The Morgan fingerprint density at radius 1 is 1.18 bits per heavy atom. The van der Waals surface area contributed by atoms with E-state index in [1.165, 1.54) is 13.3 Å². The average molecular weight is 587 g/mol. The number of hydrogen-bond acceptors (Lipinski definition) is 11. The Bertz CT molecular complexity index is 1050. The fourth-order valence-corrected chi connectivity index (χ4v) is 5.41. The Hall–Kier alpha value is -3.20. The molecule has 0 bridgehead atoms. The minimum Gasteiger partial charge on any atom is -0.616 e. The van der Waals surface area contributed by atoms with Crippen LogP contribution in [0.5, 0.6) is 0 Å². The third-order valence-corrected chi connectivity index (χ3v) is 7.47. The molecule has 15 nitrogen and oxygen atoms in total. The van der Waals surface area contributed by atoms with E-state index in [2.05, 4.69) is 4.99 Å². The second kappa shape index (κ2) is 15.6. The van der Waals surface area contributed by atoms with Gasteiger partial charge in [0, 0.05) is 26.2 Å². The molecule has 3 N–H and O–H groups in total. The van der Waals surface area contributed by atoms with E-state index in [-0.39, 0.29) is 30.6 Å². The minimum absolute atomic E-state index is 0.0414. The van der Waals surface area contributed by atoms with Crippen molar-refractivity contribution in [3.05, 3.63) is 24.2 Å². The summed E-state index contributed by atoms with van der Waals surface area (Å²) in [5.74, 6) is -6.12. The molecule has 1 heterocycles. The standard InChI is InChI=1S/C24H38N6O9S/c1-27(2)8-10-29(11-9-28(3)4)23(26-17-25)30(5,12-14-40(38)16-18-7-6-13-39-18)20(21(33)34)24(37,22(35)36)15-19(31)32/h6-7,13,20,37H,8-12,14-16H2,1-5H3,(H2-,31,32,33,34,35,36). The normalized spacial score (nSPS) is 16.6. The maximum absolute atomic E-state index is 13.0. The lowest BCUT2D eigenvalue weighted by Crippen LogP contribution is -2.75. The molecule has 4 unspecified atom stereocenters. The van der Waals surface area contributed by atoms with Crippen molar-refractivity contribution in [3.63, 3.8) is 0 Å². The summed E-state index contributed by atoms with van der Waals surface area (Å²) in [6.07, 6.45) is 1.51. The van der Waals surface area contributed by atoms with Crippen molar-refractivity contribution in [2.75, 3.05) is 73.7 Å². The van der Waals surface area contributed by atoms with Crippen LogP contribution >= 0.6 is 0 Å². The van der Waals surface area contributed by atoms with Gasteiger partial charge in [-0.1, -0.05) is 0 Å². The second-order valence-corrected chi connectivity index (χ2v) is 11.6. The van der Waals surface area contributed by atoms with Crippen LogP contribution in [0.25, 0.3) is 0 Å². The molecule has 0 aromatic carbocycles. The number of aliphatic carboxylic acids is 3. The Kier molecular flexibility index (Phi) is 13.5. The molecule has 0 saturated heterocycles. The maximum Gasteiger partial charge on any atom is 0.366 e. The topological polar surface area (TPSA) is 217 Å². The van der Waals surface area contributed by atoms with Gasteiger partial charge in [0.1, 0.15) is 6.54 Å². The molecule has 0 spiro atoms. The number of nitrogens with zero attached hydrogens (tertiary/aromatic N) is 6. The summed E-state index contributed by atoms with van der Waals surface area (Å²) in [6.45, 7) is 0.847. The number of aliphatic imine (C=N–C) groups is 1. The van der Waals surface area contributed by atoms with Gasteiger partial charge in [-0.2, -0.15) is 5.26 Å². The number of hydrogen-bond donors (Lipinski definition) is 3. The number of carboxylic acid groups (broad SMARTS) is 3. The molecule has 224 valence electrons. The number of likely N-dealkylation sites (N-methyl/N-ethyl adjacent to an activating group) is 3. The Labute approximate surface area is 236 Å². The Balaban J connectivity index is 3.80. The van der Waals surface area contributed by atoms with Crippen molar-refractivity contribution < 1.29 is 48.3 Å². The highest BCUT2D eigenvalue weighted by Gasteiger charge is 2.59. The molecule has 1 aromatic rings.